The fourth-order valence-corrected chi connectivity index (χ4v) is 5.25. The molecule has 8 aromatic heterocycles. The molecule has 0 aliphatic heterocycles. The molecule has 16 nitrogen and oxygen atoms in total. The van der Waals surface area contributed by atoms with Crippen LogP contribution in [-0.2, 0) is 18.8 Å². The zero-order valence-electron chi connectivity index (χ0n) is 30.8. The molecule has 0 saturated carbocycles. The molecule has 0 saturated heterocycles. The molecular formula is C37H39ClN14O2. The topological polar surface area (TPSA) is 198 Å². The number of nitrogen functional groups attached to an aromatic ring is 1. The minimum Gasteiger partial charge on any atom is -0.442 e. The van der Waals surface area contributed by atoms with Crippen LogP contribution in [0.2, 0.25) is 5.15 Å². The van der Waals surface area contributed by atoms with Crippen LogP contribution in [0.5, 0.6) is 0 Å². The monoisotopic (exact) mass is 746 g/mol. The van der Waals surface area contributed by atoms with Crippen molar-refractivity contribution >= 4 is 57.2 Å². The van der Waals surface area contributed by atoms with Gasteiger partial charge in [-0.15, -0.1) is 4.68 Å². The number of aromatic nitrogens is 12. The van der Waals surface area contributed by atoms with E-state index in [0.717, 1.165) is 66.3 Å². The fraction of sp³-hybridized carbons (Fsp3) is 0.216. The molecule has 0 aliphatic carbocycles. The van der Waals surface area contributed by atoms with Crippen molar-refractivity contribution in [2.45, 2.75) is 40.2 Å². The molecule has 17 heteroatoms. The third-order valence-corrected chi connectivity index (χ3v) is 7.72. The molecule has 0 amide bonds. The van der Waals surface area contributed by atoms with Crippen LogP contribution in [0.4, 0.5) is 22.2 Å². The van der Waals surface area contributed by atoms with Crippen molar-refractivity contribution in [3.63, 3.8) is 0 Å². The van der Waals surface area contributed by atoms with Gasteiger partial charge in [-0.2, -0.15) is 20.4 Å². The number of nitrogens with zero attached hydrogens (tertiary/aromatic N) is 11. The lowest BCUT2D eigenvalue weighted by Gasteiger charge is -2.19. The van der Waals surface area contributed by atoms with Crippen molar-refractivity contribution in [1.82, 2.24) is 59.5 Å². The second kappa shape index (κ2) is 15.5. The van der Waals surface area contributed by atoms with Gasteiger partial charge in [0.2, 0.25) is 0 Å². The number of fused-ring (bicyclic) bond motifs is 2. The van der Waals surface area contributed by atoms with Crippen molar-refractivity contribution in [3.8, 4) is 22.3 Å². The molecule has 0 unspecified atom stereocenters. The van der Waals surface area contributed by atoms with Gasteiger partial charge in [-0.25, -0.2) is 14.8 Å². The normalized spacial score (nSPS) is 11.1. The summed E-state index contributed by atoms with van der Waals surface area (Å²) in [6.07, 6.45) is 10.6. The van der Waals surface area contributed by atoms with Gasteiger partial charge >= 0.3 is 6.09 Å². The van der Waals surface area contributed by atoms with E-state index in [0.29, 0.717) is 10.8 Å². The van der Waals surface area contributed by atoms with Crippen molar-refractivity contribution in [1.29, 1.82) is 0 Å². The number of H-pyrrole nitrogens is 1. The number of ether oxygens (including phenoxy) is 1. The van der Waals surface area contributed by atoms with Gasteiger partial charge in [0.25, 0.3) is 0 Å². The summed E-state index contributed by atoms with van der Waals surface area (Å²) >= 11 is 5.87. The van der Waals surface area contributed by atoms with Crippen molar-refractivity contribution < 1.29 is 9.53 Å². The van der Waals surface area contributed by atoms with Crippen LogP contribution >= 0.6 is 11.6 Å². The highest BCUT2D eigenvalue weighted by Crippen LogP contribution is 2.24. The van der Waals surface area contributed by atoms with Gasteiger partial charge in [0, 0.05) is 79.0 Å². The Kier molecular flexibility index (Phi) is 10.7. The number of carbonyl (C=O) groups is 1. The zero-order valence-corrected chi connectivity index (χ0v) is 31.5. The maximum Gasteiger partial charge on any atom is 0.437 e. The number of pyridine rings is 4. The summed E-state index contributed by atoms with van der Waals surface area (Å²) in [5, 5.41) is 22.9. The van der Waals surface area contributed by atoms with Crippen LogP contribution in [0.1, 0.15) is 32.2 Å². The number of rotatable bonds is 4. The maximum absolute atomic E-state index is 11.5. The highest BCUT2D eigenvalue weighted by Gasteiger charge is 2.20. The Balaban J connectivity index is 0.000000143. The molecule has 0 fully saturated rings. The van der Waals surface area contributed by atoms with Gasteiger partial charge in [-0.3, -0.25) is 24.4 Å². The van der Waals surface area contributed by atoms with E-state index in [1.54, 1.807) is 55.4 Å². The minimum absolute atomic E-state index is 0.289. The summed E-state index contributed by atoms with van der Waals surface area (Å²) in [5.74, 6) is 1.76. The summed E-state index contributed by atoms with van der Waals surface area (Å²) in [6, 6.07) is 14.9. The van der Waals surface area contributed by atoms with E-state index in [4.69, 9.17) is 22.1 Å². The van der Waals surface area contributed by atoms with E-state index in [1.807, 2.05) is 88.4 Å². The van der Waals surface area contributed by atoms with Crippen molar-refractivity contribution in [3.05, 3.63) is 102 Å². The zero-order chi connectivity index (χ0) is 38.6. The van der Waals surface area contributed by atoms with Crippen molar-refractivity contribution in [2.24, 2.45) is 14.1 Å². The third-order valence-electron chi connectivity index (χ3n) is 7.50. The summed E-state index contributed by atoms with van der Waals surface area (Å²) in [5.41, 5.74) is 14.0. The molecule has 0 atom stereocenters. The number of halogens is 1. The van der Waals surface area contributed by atoms with Gasteiger partial charge in [0.15, 0.2) is 5.82 Å². The highest BCUT2D eigenvalue weighted by atomic mass is 35.5. The van der Waals surface area contributed by atoms with Crippen molar-refractivity contribution in [2.75, 3.05) is 11.1 Å². The summed E-state index contributed by atoms with van der Waals surface area (Å²) in [4.78, 5) is 29.2. The number of nitrogens with one attached hydrogen (secondary N) is 2. The Labute approximate surface area is 315 Å². The second-order valence-corrected chi connectivity index (χ2v) is 13.7. The number of aryl methyl sites for hydroxylation is 4. The highest BCUT2D eigenvalue weighted by molar-refractivity contribution is 6.29. The Bertz CT molecular complexity index is 2560. The lowest BCUT2D eigenvalue weighted by atomic mass is 10.1. The molecule has 0 aromatic carbocycles. The van der Waals surface area contributed by atoms with Crippen LogP contribution in [0, 0.1) is 13.8 Å². The number of nitrogens with two attached hydrogens (primary N) is 1. The molecule has 0 spiro atoms. The Morgan fingerprint density at radius 1 is 0.778 bits per heavy atom. The average Bonchev–Trinajstić information content (AvgIpc) is 3.92. The first kappa shape index (κ1) is 37.1. The second-order valence-electron chi connectivity index (χ2n) is 13.3. The molecule has 0 bridgehead atoms. The van der Waals surface area contributed by atoms with E-state index < -0.39 is 11.7 Å². The van der Waals surface area contributed by atoms with Crippen LogP contribution in [-0.4, -0.2) is 71.2 Å². The van der Waals surface area contributed by atoms with Crippen LogP contribution in [0.3, 0.4) is 0 Å². The molecule has 276 valence electrons. The van der Waals surface area contributed by atoms with Gasteiger partial charge in [-0.05, 0) is 71.0 Å². The summed E-state index contributed by atoms with van der Waals surface area (Å²) in [7, 11) is 3.78. The van der Waals surface area contributed by atoms with Gasteiger partial charge in [0.1, 0.15) is 22.4 Å². The Morgan fingerprint density at radius 2 is 1.37 bits per heavy atom. The molecule has 0 radical (unpaired) electrons. The molecule has 4 N–H and O–H groups in total. The fourth-order valence-electron chi connectivity index (χ4n) is 5.10. The first-order valence-electron chi connectivity index (χ1n) is 16.7. The molecule has 8 rings (SSSR count). The Hall–Kier alpha value is -6.68. The van der Waals surface area contributed by atoms with E-state index in [9.17, 15) is 4.79 Å². The van der Waals surface area contributed by atoms with E-state index in [1.165, 1.54) is 0 Å². The minimum atomic E-state index is -0.553. The van der Waals surface area contributed by atoms with Crippen LogP contribution in [0.25, 0.3) is 44.3 Å². The van der Waals surface area contributed by atoms with Gasteiger partial charge in [0.05, 0.1) is 40.2 Å². The molecular weight excluding hydrogens is 708 g/mol. The molecule has 8 aromatic rings. The SMILES string of the molecule is Cc1cc(N)n(C(=O)OC(C)(C)C)n1.Cc1cc(Nc2ccc3ncc(-c4cnn(C)c4)cc3n2)n[nH]1.Cn1cc(-c2cnc3ccc(Cl)nc3c2)cn1. The van der Waals surface area contributed by atoms with E-state index in [-0.39, 0.29) is 5.82 Å². The first-order chi connectivity index (χ1) is 25.7. The lowest BCUT2D eigenvalue weighted by molar-refractivity contribution is 0.0518. The number of hydrogen-bond donors (Lipinski definition) is 3. The predicted octanol–water partition coefficient (Wildman–Crippen LogP) is 7.05. The molecule has 0 aliphatic rings. The number of aromatic amines is 1. The summed E-state index contributed by atoms with van der Waals surface area (Å²) < 4.78 is 9.68. The van der Waals surface area contributed by atoms with Gasteiger partial charge in [-0.1, -0.05) is 11.6 Å². The third kappa shape index (κ3) is 9.40. The van der Waals surface area contributed by atoms with E-state index >= 15 is 0 Å². The smallest absolute Gasteiger partial charge is 0.437 e. The number of carbonyl (C=O) groups excluding carboxylic acids is 1. The number of anilines is 3. The summed E-state index contributed by atoms with van der Waals surface area (Å²) in [6.45, 7) is 9.08. The Morgan fingerprint density at radius 3 is 1.87 bits per heavy atom. The van der Waals surface area contributed by atoms with Crippen LogP contribution < -0.4 is 11.1 Å². The maximum atomic E-state index is 11.5. The van der Waals surface area contributed by atoms with E-state index in [2.05, 4.69) is 50.7 Å². The molecule has 54 heavy (non-hydrogen) atoms. The lowest BCUT2D eigenvalue weighted by Crippen LogP contribution is -2.28. The number of hydrogen-bond acceptors (Lipinski definition) is 12. The van der Waals surface area contributed by atoms with Crippen LogP contribution in [0.15, 0.2) is 85.7 Å². The molecule has 8 heterocycles. The predicted molar refractivity (Wildman–Crippen MR) is 208 cm³/mol. The van der Waals surface area contributed by atoms with Gasteiger partial charge < -0.3 is 15.8 Å². The average molecular weight is 747 g/mol. The standard InChI is InChI=1S/C16H15N7.C12H9ClN4.C9H15N3O2/c1-10-5-16(22-21-10)20-15-4-3-13-14(19-15)6-11(7-17-13)12-8-18-23(2)9-12;1-17-7-9(6-15-17)8-4-11-10(14-5-8)2-3-12(13)16-11;1-6-5-7(10)12(11-6)8(13)14-9(2,3)4/h3-9H,1-2H3,(H2,19,20,21,22);2-7H,1H3;5H,10H2,1-4H3. The quantitative estimate of drug-likeness (QED) is 0.155. The largest absolute Gasteiger partial charge is 0.442 e. The first-order valence-corrected chi connectivity index (χ1v) is 17.1.